The van der Waals surface area contributed by atoms with Crippen LogP contribution in [0.2, 0.25) is 0 Å². The Hall–Kier alpha value is -4.13. The number of methoxy groups -OCH3 is 1. The zero-order valence-corrected chi connectivity index (χ0v) is 19.0. The average molecular weight is 444 g/mol. The second-order valence-corrected chi connectivity index (χ2v) is 7.64. The van der Waals surface area contributed by atoms with Crippen molar-refractivity contribution in [3.05, 3.63) is 77.9 Å². The van der Waals surface area contributed by atoms with Crippen LogP contribution in [0.4, 0.5) is 5.69 Å². The summed E-state index contributed by atoms with van der Waals surface area (Å²) in [4.78, 5) is 17.4. The highest BCUT2D eigenvalue weighted by Gasteiger charge is 2.20. The first-order chi connectivity index (χ1) is 16.0. The quantitative estimate of drug-likeness (QED) is 0.410. The molecule has 0 bridgehead atoms. The van der Waals surface area contributed by atoms with Gasteiger partial charge >= 0.3 is 0 Å². The van der Waals surface area contributed by atoms with Crippen LogP contribution in [-0.2, 0) is 4.79 Å². The van der Waals surface area contributed by atoms with Crippen molar-refractivity contribution in [3.8, 4) is 34.3 Å². The maximum absolute atomic E-state index is 12.9. The highest BCUT2D eigenvalue weighted by molar-refractivity contribution is 5.97. The molecular formula is C26H25N3O4. The summed E-state index contributed by atoms with van der Waals surface area (Å²) in [5.74, 6) is 1.90. The van der Waals surface area contributed by atoms with Crippen LogP contribution in [0.5, 0.6) is 11.5 Å². The van der Waals surface area contributed by atoms with Gasteiger partial charge in [0.25, 0.3) is 11.8 Å². The number of nitrogens with zero attached hydrogens (tertiary/aromatic N) is 2. The molecule has 0 saturated carbocycles. The van der Waals surface area contributed by atoms with E-state index >= 15 is 0 Å². The molecule has 0 aliphatic rings. The van der Waals surface area contributed by atoms with Crippen LogP contribution in [0.25, 0.3) is 22.8 Å². The van der Waals surface area contributed by atoms with Crippen LogP contribution < -0.4 is 14.8 Å². The van der Waals surface area contributed by atoms with Crippen LogP contribution in [0.15, 0.2) is 71.3 Å². The first-order valence-corrected chi connectivity index (χ1v) is 10.6. The zero-order chi connectivity index (χ0) is 23.4. The Morgan fingerprint density at radius 3 is 2.52 bits per heavy atom. The van der Waals surface area contributed by atoms with Gasteiger partial charge in [0.2, 0.25) is 5.82 Å². The second kappa shape index (κ2) is 9.56. The van der Waals surface area contributed by atoms with Crippen LogP contribution in [0, 0.1) is 13.8 Å². The molecule has 0 aliphatic carbocycles. The lowest BCUT2D eigenvalue weighted by Gasteiger charge is -2.17. The molecule has 1 heterocycles. The third-order valence-electron chi connectivity index (χ3n) is 5.42. The van der Waals surface area contributed by atoms with Gasteiger partial charge in [-0.1, -0.05) is 29.4 Å². The third-order valence-corrected chi connectivity index (χ3v) is 5.42. The molecule has 168 valence electrons. The number of anilines is 1. The van der Waals surface area contributed by atoms with E-state index in [0.29, 0.717) is 28.7 Å². The van der Waals surface area contributed by atoms with Crippen molar-refractivity contribution in [2.45, 2.75) is 26.9 Å². The number of hydrogen-bond donors (Lipinski definition) is 1. The number of hydrogen-bond acceptors (Lipinski definition) is 6. The number of rotatable bonds is 7. The molecule has 0 unspecified atom stereocenters. The highest BCUT2D eigenvalue weighted by Crippen LogP contribution is 2.29. The number of carbonyl (C=O) groups excluding carboxylic acids is 1. The fourth-order valence-corrected chi connectivity index (χ4v) is 3.30. The number of benzene rings is 3. The van der Waals surface area contributed by atoms with E-state index in [-0.39, 0.29) is 5.91 Å². The van der Waals surface area contributed by atoms with Crippen LogP contribution in [0.3, 0.4) is 0 Å². The monoisotopic (exact) mass is 443 g/mol. The van der Waals surface area contributed by atoms with Gasteiger partial charge in [-0.3, -0.25) is 4.79 Å². The van der Waals surface area contributed by atoms with E-state index in [1.54, 1.807) is 20.1 Å². The summed E-state index contributed by atoms with van der Waals surface area (Å²) in [5, 5.41) is 7.00. The van der Waals surface area contributed by atoms with E-state index < -0.39 is 6.10 Å². The maximum atomic E-state index is 12.9. The molecule has 0 radical (unpaired) electrons. The Kier molecular flexibility index (Phi) is 6.40. The molecule has 1 atom stereocenters. The smallest absolute Gasteiger partial charge is 0.265 e. The summed E-state index contributed by atoms with van der Waals surface area (Å²) in [6.45, 7) is 5.70. The molecule has 4 aromatic rings. The first-order valence-electron chi connectivity index (χ1n) is 10.6. The number of carbonyl (C=O) groups is 1. The lowest BCUT2D eigenvalue weighted by Crippen LogP contribution is -2.30. The lowest BCUT2D eigenvalue weighted by atomic mass is 10.1. The van der Waals surface area contributed by atoms with E-state index in [0.717, 1.165) is 22.4 Å². The minimum absolute atomic E-state index is 0.279. The summed E-state index contributed by atoms with van der Waals surface area (Å²) in [6.07, 6.45) is -0.698. The Balaban J connectivity index is 1.52. The van der Waals surface area contributed by atoms with Gasteiger partial charge in [-0.05, 0) is 74.4 Å². The molecule has 1 aromatic heterocycles. The average Bonchev–Trinajstić information content (AvgIpc) is 3.32. The summed E-state index contributed by atoms with van der Waals surface area (Å²) >= 11 is 0. The number of aryl methyl sites for hydroxylation is 1. The van der Waals surface area contributed by atoms with Gasteiger partial charge in [-0.15, -0.1) is 0 Å². The van der Waals surface area contributed by atoms with E-state index in [2.05, 4.69) is 15.5 Å². The second-order valence-electron chi connectivity index (χ2n) is 7.64. The lowest BCUT2D eigenvalue weighted by molar-refractivity contribution is -0.122. The summed E-state index contributed by atoms with van der Waals surface area (Å²) in [7, 11) is 1.61. The fraction of sp³-hybridized carbons (Fsp3) is 0.192. The SMILES string of the molecule is COc1ccc(-c2noc(-c3ccccc3NC(=O)[C@H](C)Oc3cccc(C)c3C)n2)cc1. The fourth-order valence-electron chi connectivity index (χ4n) is 3.30. The van der Waals surface area contributed by atoms with Gasteiger partial charge in [0, 0.05) is 5.56 Å². The molecular weight excluding hydrogens is 418 g/mol. The van der Waals surface area contributed by atoms with Gasteiger partial charge in [-0.25, -0.2) is 0 Å². The molecule has 3 aromatic carbocycles. The van der Waals surface area contributed by atoms with E-state index in [1.165, 1.54) is 0 Å². The van der Waals surface area contributed by atoms with Crippen molar-refractivity contribution in [1.82, 2.24) is 10.1 Å². The largest absolute Gasteiger partial charge is 0.497 e. The van der Waals surface area contributed by atoms with Gasteiger partial charge in [0.05, 0.1) is 18.4 Å². The van der Waals surface area contributed by atoms with Crippen molar-refractivity contribution < 1.29 is 18.8 Å². The number of nitrogens with one attached hydrogen (secondary N) is 1. The van der Waals surface area contributed by atoms with Gasteiger partial charge in [-0.2, -0.15) is 4.98 Å². The van der Waals surface area contributed by atoms with Crippen LogP contribution in [0.1, 0.15) is 18.1 Å². The molecule has 1 amide bonds. The molecule has 0 aliphatic heterocycles. The third kappa shape index (κ3) is 4.87. The predicted octanol–water partition coefficient (Wildman–Crippen LogP) is 5.44. The Labute approximate surface area is 192 Å². The van der Waals surface area contributed by atoms with Crippen molar-refractivity contribution in [1.29, 1.82) is 0 Å². The van der Waals surface area contributed by atoms with Gasteiger partial charge in [0.1, 0.15) is 11.5 Å². The number of ether oxygens (including phenoxy) is 2. The minimum Gasteiger partial charge on any atom is -0.497 e. The van der Waals surface area contributed by atoms with Crippen LogP contribution >= 0.6 is 0 Å². The standard InChI is InChI=1S/C26H25N3O4/c1-16-8-7-11-23(17(16)2)32-18(3)25(30)27-22-10-6-5-9-21(22)26-28-24(29-33-26)19-12-14-20(31-4)15-13-19/h5-15,18H,1-4H3,(H,27,30)/t18-/m0/s1. The molecule has 4 rings (SSSR count). The Morgan fingerprint density at radius 2 is 1.76 bits per heavy atom. The van der Waals surface area contributed by atoms with Crippen molar-refractivity contribution in [2.75, 3.05) is 12.4 Å². The molecule has 0 saturated heterocycles. The number of aromatic nitrogens is 2. The summed E-state index contributed by atoms with van der Waals surface area (Å²) < 4.78 is 16.6. The Morgan fingerprint density at radius 1 is 1.00 bits per heavy atom. The molecule has 1 N–H and O–H groups in total. The van der Waals surface area contributed by atoms with E-state index in [9.17, 15) is 4.79 Å². The van der Waals surface area contributed by atoms with Gasteiger partial charge < -0.3 is 19.3 Å². The number of amides is 1. The minimum atomic E-state index is -0.698. The van der Waals surface area contributed by atoms with Crippen LogP contribution in [-0.4, -0.2) is 29.3 Å². The predicted molar refractivity (Wildman–Crippen MR) is 126 cm³/mol. The Bertz CT molecular complexity index is 1260. The van der Waals surface area contributed by atoms with E-state index in [4.69, 9.17) is 14.0 Å². The molecule has 7 heteroatoms. The van der Waals surface area contributed by atoms with Crippen molar-refractivity contribution >= 4 is 11.6 Å². The zero-order valence-electron chi connectivity index (χ0n) is 19.0. The molecule has 7 nitrogen and oxygen atoms in total. The molecule has 33 heavy (non-hydrogen) atoms. The molecule has 0 spiro atoms. The summed E-state index contributed by atoms with van der Waals surface area (Å²) in [5.41, 5.74) is 4.09. The summed E-state index contributed by atoms with van der Waals surface area (Å²) in [6, 6.07) is 20.4. The van der Waals surface area contributed by atoms with Gasteiger partial charge in [0.15, 0.2) is 6.10 Å². The maximum Gasteiger partial charge on any atom is 0.265 e. The molecule has 0 fully saturated rings. The van der Waals surface area contributed by atoms with Crippen molar-refractivity contribution in [2.24, 2.45) is 0 Å². The number of para-hydroxylation sites is 1. The van der Waals surface area contributed by atoms with E-state index in [1.807, 2.05) is 74.5 Å². The van der Waals surface area contributed by atoms with Crippen molar-refractivity contribution in [3.63, 3.8) is 0 Å². The first kappa shape index (κ1) is 22.1. The highest BCUT2D eigenvalue weighted by atomic mass is 16.5. The topological polar surface area (TPSA) is 86.5 Å². The normalized spacial score (nSPS) is 11.6.